The van der Waals surface area contributed by atoms with E-state index in [0.29, 0.717) is 6.04 Å². The van der Waals surface area contributed by atoms with Gasteiger partial charge in [-0.3, -0.25) is 9.74 Å². The van der Waals surface area contributed by atoms with E-state index < -0.39 is 0 Å². The van der Waals surface area contributed by atoms with Crippen LogP contribution in [-0.2, 0) is 0 Å². The first-order chi connectivity index (χ1) is 7.78. The molecular weight excluding hydrogens is 222 g/mol. The van der Waals surface area contributed by atoms with Gasteiger partial charge in [0.1, 0.15) is 0 Å². The van der Waals surface area contributed by atoms with Crippen molar-refractivity contribution in [1.29, 1.82) is 0 Å². The first kappa shape index (κ1) is 10.2. The normalized spacial score (nSPS) is 28.8. The molecule has 0 aliphatic carbocycles. The number of nitrogens with one attached hydrogen (secondary N) is 1. The Morgan fingerprint density at radius 2 is 1.94 bits per heavy atom. The minimum atomic E-state index is 0.699. The molecule has 0 spiro atoms. The van der Waals surface area contributed by atoms with E-state index in [2.05, 4.69) is 33.8 Å². The molecule has 0 aromatic heterocycles. The molecule has 0 saturated carbocycles. The van der Waals surface area contributed by atoms with E-state index in [4.69, 9.17) is 11.8 Å². The topological polar surface area (TPSA) is 18.5 Å². The smallest absolute Gasteiger partial charge is 0.0493 e. The predicted molar refractivity (Wildman–Crippen MR) is 68.1 cm³/mol. The molecule has 1 N–H and O–H groups in total. The minimum absolute atomic E-state index is 0.699. The Kier molecular flexibility index (Phi) is 2.45. The van der Waals surface area contributed by atoms with Crippen molar-refractivity contribution in [1.82, 2.24) is 4.90 Å². The summed E-state index contributed by atoms with van der Waals surface area (Å²) < 4.78 is 0. The summed E-state index contributed by atoms with van der Waals surface area (Å²) in [5.74, 6) is 0. The number of benzene rings is 1. The van der Waals surface area contributed by atoms with Crippen LogP contribution in [0.3, 0.4) is 0 Å². The number of rotatable bonds is 2. The first-order valence-electron chi connectivity index (χ1n) is 5.71. The molecule has 2 atom stereocenters. The van der Waals surface area contributed by atoms with Crippen LogP contribution in [0.2, 0.25) is 0 Å². The summed E-state index contributed by atoms with van der Waals surface area (Å²) in [5.41, 5.74) is 2.27. The van der Waals surface area contributed by atoms with Crippen molar-refractivity contribution in [2.24, 2.45) is 0 Å². The average molecular weight is 238 g/mol. The van der Waals surface area contributed by atoms with Crippen LogP contribution >= 0.6 is 11.8 Å². The third-order valence-corrected chi connectivity index (χ3v) is 4.04. The van der Waals surface area contributed by atoms with Crippen LogP contribution in [-0.4, -0.2) is 37.1 Å². The lowest BCUT2D eigenvalue weighted by atomic mass is 10.2. The van der Waals surface area contributed by atoms with Gasteiger partial charge in [0.2, 0.25) is 0 Å². The Morgan fingerprint density at radius 1 is 1.19 bits per heavy atom. The maximum Gasteiger partial charge on any atom is 0.0493 e. The molecule has 2 aliphatic rings. The van der Waals surface area contributed by atoms with Crippen LogP contribution in [0.5, 0.6) is 0 Å². The van der Waals surface area contributed by atoms with Gasteiger partial charge in [-0.25, -0.2) is 0 Å². The number of likely N-dealkylation sites (tertiary alicyclic amines) is 1. The molecule has 2 aliphatic heterocycles. The summed E-state index contributed by atoms with van der Waals surface area (Å²) in [4.78, 5) is 7.62. The number of hydrogen-bond donors (Lipinski definition) is 1. The summed E-state index contributed by atoms with van der Waals surface area (Å²) in [5, 5.41) is 0. The van der Waals surface area contributed by atoms with E-state index in [1.54, 1.807) is 0 Å². The standard InChI is InChI=1S/C12H16ClN3/c1-15-7-12-6-11(15)8-16(12)10-4-2-9(14-13)3-5-10/h2-5,11-12,14H,6-8H2,1H3/t11-,12-/m1/s1. The Labute approximate surface area is 101 Å². The number of fused-ring (bicyclic) bond motifs is 2. The second-order valence-corrected chi connectivity index (χ2v) is 4.97. The molecule has 86 valence electrons. The van der Waals surface area contributed by atoms with Gasteiger partial charge < -0.3 is 4.90 Å². The van der Waals surface area contributed by atoms with Crippen molar-refractivity contribution in [2.45, 2.75) is 18.5 Å². The Bertz CT molecular complexity index is 376. The second kappa shape index (κ2) is 3.82. The van der Waals surface area contributed by atoms with Crippen molar-refractivity contribution in [3.05, 3.63) is 24.3 Å². The third kappa shape index (κ3) is 1.55. The Morgan fingerprint density at radius 3 is 2.44 bits per heavy atom. The lowest BCUT2D eigenvalue weighted by Crippen LogP contribution is -2.44. The van der Waals surface area contributed by atoms with E-state index in [-0.39, 0.29) is 0 Å². The predicted octanol–water partition coefficient (Wildman–Crippen LogP) is 2.14. The molecule has 2 saturated heterocycles. The summed E-state index contributed by atoms with van der Waals surface area (Å²) >= 11 is 5.55. The molecule has 1 aromatic carbocycles. The number of likely N-dealkylation sites (N-methyl/N-ethyl adjacent to an activating group) is 1. The fourth-order valence-electron chi connectivity index (χ4n) is 2.90. The van der Waals surface area contributed by atoms with Gasteiger partial charge in [-0.2, -0.15) is 0 Å². The lowest BCUT2D eigenvalue weighted by molar-refractivity contribution is 0.292. The van der Waals surface area contributed by atoms with Gasteiger partial charge in [0.05, 0.1) is 0 Å². The maximum absolute atomic E-state index is 5.55. The SMILES string of the molecule is CN1C[C@H]2C[C@@H]1CN2c1ccc(NCl)cc1. The van der Waals surface area contributed by atoms with Gasteiger partial charge in [0.25, 0.3) is 0 Å². The van der Waals surface area contributed by atoms with E-state index >= 15 is 0 Å². The molecule has 2 fully saturated rings. The Hall–Kier alpha value is -0.930. The highest BCUT2D eigenvalue weighted by Gasteiger charge is 2.41. The van der Waals surface area contributed by atoms with Crippen molar-refractivity contribution >= 4 is 23.2 Å². The largest absolute Gasteiger partial charge is 0.366 e. The van der Waals surface area contributed by atoms with Gasteiger partial charge in [-0.15, -0.1) is 0 Å². The molecule has 1 aromatic rings. The molecule has 3 rings (SSSR count). The van der Waals surface area contributed by atoms with Crippen molar-refractivity contribution < 1.29 is 0 Å². The molecule has 3 nitrogen and oxygen atoms in total. The number of hydrogen-bond acceptors (Lipinski definition) is 3. The second-order valence-electron chi connectivity index (χ2n) is 4.78. The molecule has 4 heteroatoms. The van der Waals surface area contributed by atoms with Crippen LogP contribution in [0.1, 0.15) is 6.42 Å². The molecule has 16 heavy (non-hydrogen) atoms. The van der Waals surface area contributed by atoms with E-state index in [1.807, 2.05) is 12.1 Å². The van der Waals surface area contributed by atoms with Gasteiger partial charge in [0, 0.05) is 48.3 Å². The van der Waals surface area contributed by atoms with Crippen LogP contribution in [0.4, 0.5) is 11.4 Å². The highest BCUT2D eigenvalue weighted by atomic mass is 35.5. The summed E-state index contributed by atoms with van der Waals surface area (Å²) in [6.07, 6.45) is 1.31. The molecule has 2 heterocycles. The number of halogens is 1. The summed E-state index contributed by atoms with van der Waals surface area (Å²) in [6.45, 7) is 2.36. The zero-order valence-electron chi connectivity index (χ0n) is 9.36. The van der Waals surface area contributed by atoms with E-state index in [1.165, 1.54) is 18.7 Å². The van der Waals surface area contributed by atoms with Crippen molar-refractivity contribution in [3.63, 3.8) is 0 Å². The fraction of sp³-hybridized carbons (Fsp3) is 0.500. The number of nitrogens with zero attached hydrogens (tertiary/aromatic N) is 2. The Balaban J connectivity index is 1.79. The molecular formula is C12H16ClN3. The monoisotopic (exact) mass is 237 g/mol. The molecule has 0 amide bonds. The first-order valence-corrected chi connectivity index (χ1v) is 6.09. The van der Waals surface area contributed by atoms with Crippen molar-refractivity contribution in [2.75, 3.05) is 29.9 Å². The van der Waals surface area contributed by atoms with Gasteiger partial charge in [-0.05, 0) is 37.7 Å². The lowest BCUT2D eigenvalue weighted by Gasteiger charge is -2.33. The summed E-state index contributed by atoms with van der Waals surface area (Å²) in [6, 6.07) is 9.79. The number of piperazine rings is 1. The zero-order chi connectivity index (χ0) is 11.1. The van der Waals surface area contributed by atoms with Gasteiger partial charge in [0.15, 0.2) is 0 Å². The molecule has 0 unspecified atom stereocenters. The molecule has 2 bridgehead atoms. The van der Waals surface area contributed by atoms with Gasteiger partial charge in [-0.1, -0.05) is 0 Å². The van der Waals surface area contributed by atoms with Crippen LogP contribution in [0.15, 0.2) is 24.3 Å². The van der Waals surface area contributed by atoms with Crippen molar-refractivity contribution in [3.8, 4) is 0 Å². The third-order valence-electron chi connectivity index (χ3n) is 3.82. The quantitative estimate of drug-likeness (QED) is 0.796. The zero-order valence-corrected chi connectivity index (χ0v) is 10.1. The van der Waals surface area contributed by atoms with Crippen LogP contribution < -0.4 is 9.74 Å². The molecule has 0 radical (unpaired) electrons. The number of anilines is 2. The fourth-order valence-corrected chi connectivity index (χ4v) is 3.02. The maximum atomic E-state index is 5.55. The van der Waals surface area contributed by atoms with E-state index in [9.17, 15) is 0 Å². The van der Waals surface area contributed by atoms with E-state index in [0.717, 1.165) is 18.3 Å². The highest BCUT2D eigenvalue weighted by Crippen LogP contribution is 2.33. The summed E-state index contributed by atoms with van der Waals surface area (Å²) in [7, 11) is 2.22. The van der Waals surface area contributed by atoms with Gasteiger partial charge >= 0.3 is 0 Å². The van der Waals surface area contributed by atoms with Crippen LogP contribution in [0, 0.1) is 0 Å². The highest BCUT2D eigenvalue weighted by molar-refractivity contribution is 6.23. The average Bonchev–Trinajstić information content (AvgIpc) is 2.88. The minimum Gasteiger partial charge on any atom is -0.366 e. The van der Waals surface area contributed by atoms with Crippen LogP contribution in [0.25, 0.3) is 0 Å².